The molecule has 0 radical (unpaired) electrons. The molecule has 1 aliphatic heterocycles. The van der Waals surface area contributed by atoms with Gasteiger partial charge >= 0.3 is 0 Å². The molecule has 0 spiro atoms. The Hall–Kier alpha value is -0.450. The third kappa shape index (κ3) is 4.74. The van der Waals surface area contributed by atoms with E-state index in [9.17, 15) is 4.79 Å². The first-order chi connectivity index (χ1) is 8.04. The summed E-state index contributed by atoms with van der Waals surface area (Å²) in [6.45, 7) is 5.84. The van der Waals surface area contributed by atoms with Crippen LogP contribution < -0.4 is 0 Å². The Labute approximate surface area is 105 Å². The second-order valence-electron chi connectivity index (χ2n) is 5.25. The van der Waals surface area contributed by atoms with Crippen LogP contribution in [0.3, 0.4) is 0 Å². The molecule has 0 N–H and O–H groups in total. The summed E-state index contributed by atoms with van der Waals surface area (Å²) in [7, 11) is 5.92. The maximum atomic E-state index is 12.1. The highest BCUT2D eigenvalue weighted by Gasteiger charge is 2.26. The summed E-state index contributed by atoms with van der Waals surface area (Å²) < 4.78 is 5.02. The van der Waals surface area contributed by atoms with E-state index in [1.807, 2.05) is 6.92 Å². The van der Waals surface area contributed by atoms with E-state index in [2.05, 4.69) is 23.9 Å². The first-order valence-corrected chi connectivity index (χ1v) is 6.45. The van der Waals surface area contributed by atoms with Gasteiger partial charge in [0.2, 0.25) is 0 Å². The van der Waals surface area contributed by atoms with Crippen molar-refractivity contribution >= 4 is 5.78 Å². The second kappa shape index (κ2) is 7.09. The van der Waals surface area contributed by atoms with Gasteiger partial charge in [-0.15, -0.1) is 0 Å². The molecule has 0 aromatic rings. The van der Waals surface area contributed by atoms with Crippen molar-refractivity contribution in [2.45, 2.75) is 25.8 Å². The van der Waals surface area contributed by atoms with Gasteiger partial charge in [0.25, 0.3) is 0 Å². The Kier molecular flexibility index (Phi) is 6.09. The third-order valence-corrected chi connectivity index (χ3v) is 3.72. The van der Waals surface area contributed by atoms with Crippen LogP contribution >= 0.6 is 0 Å². The van der Waals surface area contributed by atoms with Gasteiger partial charge in [-0.05, 0) is 20.5 Å². The van der Waals surface area contributed by atoms with E-state index < -0.39 is 0 Å². The van der Waals surface area contributed by atoms with E-state index in [0.29, 0.717) is 24.9 Å². The molecule has 1 fully saturated rings. The van der Waals surface area contributed by atoms with Crippen LogP contribution in [0.2, 0.25) is 0 Å². The number of carbonyl (C=O) groups excluding carboxylic acids is 1. The maximum absolute atomic E-state index is 12.1. The van der Waals surface area contributed by atoms with E-state index >= 15 is 0 Å². The van der Waals surface area contributed by atoms with Crippen molar-refractivity contribution < 1.29 is 9.53 Å². The lowest BCUT2D eigenvalue weighted by Crippen LogP contribution is -2.50. The standard InChI is InChI=1S/C13H26N2O2/c1-11(5-8-17-4)13(16)9-12-10-14(2)6-7-15(12)3/h11-12H,5-10H2,1-4H3. The van der Waals surface area contributed by atoms with Gasteiger partial charge in [0.15, 0.2) is 0 Å². The number of ketones is 1. The second-order valence-corrected chi connectivity index (χ2v) is 5.25. The number of Topliss-reactive ketones (excluding diaryl/α,β-unsaturated/α-hetero) is 1. The number of hydrogen-bond acceptors (Lipinski definition) is 4. The molecule has 0 bridgehead atoms. The smallest absolute Gasteiger partial charge is 0.137 e. The highest BCUT2D eigenvalue weighted by Crippen LogP contribution is 2.14. The summed E-state index contributed by atoms with van der Waals surface area (Å²) in [5, 5.41) is 0. The van der Waals surface area contributed by atoms with E-state index in [1.54, 1.807) is 7.11 Å². The Morgan fingerprint density at radius 2 is 2.12 bits per heavy atom. The van der Waals surface area contributed by atoms with Crippen molar-refractivity contribution in [2.75, 3.05) is 47.4 Å². The van der Waals surface area contributed by atoms with Crippen LogP contribution in [-0.2, 0) is 9.53 Å². The topological polar surface area (TPSA) is 32.8 Å². The summed E-state index contributed by atoms with van der Waals surface area (Å²) in [5.41, 5.74) is 0. The van der Waals surface area contributed by atoms with E-state index in [0.717, 1.165) is 26.1 Å². The van der Waals surface area contributed by atoms with Gasteiger partial charge in [0.05, 0.1) is 0 Å². The summed E-state index contributed by atoms with van der Waals surface area (Å²) in [5.74, 6) is 0.491. The van der Waals surface area contributed by atoms with E-state index in [4.69, 9.17) is 4.74 Å². The fourth-order valence-corrected chi connectivity index (χ4v) is 2.21. The Morgan fingerprint density at radius 3 is 2.76 bits per heavy atom. The lowest BCUT2D eigenvalue weighted by atomic mass is 9.96. The van der Waals surface area contributed by atoms with Gasteiger partial charge < -0.3 is 14.5 Å². The molecule has 0 aliphatic carbocycles. The van der Waals surface area contributed by atoms with Crippen LogP contribution in [0.25, 0.3) is 0 Å². The number of carbonyl (C=O) groups is 1. The molecule has 4 nitrogen and oxygen atoms in total. The summed E-state index contributed by atoms with van der Waals surface area (Å²) >= 11 is 0. The van der Waals surface area contributed by atoms with Crippen LogP contribution in [0.4, 0.5) is 0 Å². The lowest BCUT2D eigenvalue weighted by molar-refractivity contribution is -0.124. The minimum absolute atomic E-state index is 0.121. The van der Waals surface area contributed by atoms with E-state index in [-0.39, 0.29) is 5.92 Å². The molecule has 0 saturated carbocycles. The average Bonchev–Trinajstić information content (AvgIpc) is 2.30. The van der Waals surface area contributed by atoms with Gasteiger partial charge in [-0.25, -0.2) is 0 Å². The summed E-state index contributed by atoms with van der Waals surface area (Å²) in [4.78, 5) is 16.7. The zero-order chi connectivity index (χ0) is 12.8. The van der Waals surface area contributed by atoms with Crippen LogP contribution in [0.15, 0.2) is 0 Å². The minimum Gasteiger partial charge on any atom is -0.385 e. The van der Waals surface area contributed by atoms with Gasteiger partial charge in [-0.1, -0.05) is 6.92 Å². The van der Waals surface area contributed by atoms with Crippen LogP contribution in [0.1, 0.15) is 19.8 Å². The van der Waals surface area contributed by atoms with Crippen molar-refractivity contribution in [2.24, 2.45) is 5.92 Å². The van der Waals surface area contributed by atoms with Gasteiger partial charge in [-0.2, -0.15) is 0 Å². The van der Waals surface area contributed by atoms with Crippen molar-refractivity contribution in [3.63, 3.8) is 0 Å². The van der Waals surface area contributed by atoms with Crippen LogP contribution in [0, 0.1) is 5.92 Å². The predicted molar refractivity (Wildman–Crippen MR) is 69.2 cm³/mol. The van der Waals surface area contributed by atoms with Crippen molar-refractivity contribution in [3.05, 3.63) is 0 Å². The van der Waals surface area contributed by atoms with Crippen molar-refractivity contribution in [1.29, 1.82) is 0 Å². The molecule has 4 heteroatoms. The predicted octanol–water partition coefficient (Wildman–Crippen LogP) is 0.864. The SMILES string of the molecule is COCCC(C)C(=O)CC1CN(C)CCN1C. The third-order valence-electron chi connectivity index (χ3n) is 3.72. The fourth-order valence-electron chi connectivity index (χ4n) is 2.21. The first-order valence-electron chi connectivity index (χ1n) is 6.45. The molecule has 1 saturated heterocycles. The molecule has 1 heterocycles. The molecular formula is C13H26N2O2. The Morgan fingerprint density at radius 1 is 1.41 bits per heavy atom. The minimum atomic E-state index is 0.121. The average molecular weight is 242 g/mol. The quantitative estimate of drug-likeness (QED) is 0.692. The highest BCUT2D eigenvalue weighted by atomic mass is 16.5. The van der Waals surface area contributed by atoms with E-state index in [1.165, 1.54) is 0 Å². The number of hydrogen-bond donors (Lipinski definition) is 0. The van der Waals surface area contributed by atoms with Crippen molar-refractivity contribution in [3.8, 4) is 0 Å². The largest absolute Gasteiger partial charge is 0.385 e. The number of nitrogens with zero attached hydrogens (tertiary/aromatic N) is 2. The summed E-state index contributed by atoms with van der Waals surface area (Å²) in [6.07, 6.45) is 1.51. The molecule has 1 aliphatic rings. The van der Waals surface area contributed by atoms with Gasteiger partial charge in [-0.3, -0.25) is 4.79 Å². The Balaban J connectivity index is 2.38. The molecule has 0 aromatic carbocycles. The molecule has 1 rings (SSSR count). The molecule has 100 valence electrons. The molecule has 2 unspecified atom stereocenters. The Bertz CT molecular complexity index is 246. The number of piperazine rings is 1. The normalized spacial score (nSPS) is 24.8. The lowest BCUT2D eigenvalue weighted by Gasteiger charge is -2.37. The number of methoxy groups -OCH3 is 1. The molecular weight excluding hydrogens is 216 g/mol. The maximum Gasteiger partial charge on any atom is 0.137 e. The first kappa shape index (κ1) is 14.6. The summed E-state index contributed by atoms with van der Waals surface area (Å²) in [6, 6.07) is 0.381. The van der Waals surface area contributed by atoms with Gasteiger partial charge in [0, 0.05) is 51.7 Å². The highest BCUT2D eigenvalue weighted by molar-refractivity contribution is 5.81. The van der Waals surface area contributed by atoms with Crippen LogP contribution in [0.5, 0.6) is 0 Å². The zero-order valence-electron chi connectivity index (χ0n) is 11.6. The molecule has 2 atom stereocenters. The fraction of sp³-hybridized carbons (Fsp3) is 0.923. The molecule has 0 amide bonds. The number of likely N-dealkylation sites (N-methyl/N-ethyl adjacent to an activating group) is 2. The monoisotopic (exact) mass is 242 g/mol. The number of ether oxygens (including phenoxy) is 1. The zero-order valence-corrected chi connectivity index (χ0v) is 11.6. The van der Waals surface area contributed by atoms with Crippen LogP contribution in [-0.4, -0.2) is 69.1 Å². The molecule has 17 heavy (non-hydrogen) atoms. The number of rotatable bonds is 6. The van der Waals surface area contributed by atoms with Gasteiger partial charge in [0.1, 0.15) is 5.78 Å². The molecule has 0 aromatic heterocycles. The van der Waals surface area contributed by atoms with Crippen molar-refractivity contribution in [1.82, 2.24) is 9.80 Å².